The number of rotatable bonds is 1. The third-order valence-electron chi connectivity index (χ3n) is 2.06. The molecule has 1 unspecified atom stereocenters. The summed E-state index contributed by atoms with van der Waals surface area (Å²) in [5, 5.41) is 1.58. The first kappa shape index (κ1) is 10.5. The summed E-state index contributed by atoms with van der Waals surface area (Å²) in [4.78, 5) is 16.6. The molecule has 0 radical (unpaired) electrons. The van der Waals surface area contributed by atoms with E-state index in [0.29, 0.717) is 0 Å². The maximum absolute atomic E-state index is 11.4. The van der Waals surface area contributed by atoms with Crippen molar-refractivity contribution < 1.29 is 9.63 Å². The number of hydrogen-bond acceptors (Lipinski definition) is 4. The summed E-state index contributed by atoms with van der Waals surface area (Å²) in [5.74, 6) is -0.218. The fraction of sp³-hybridized carbons (Fsp3) is 0.889. The number of nitrogens with zero attached hydrogens (tertiary/aromatic N) is 1. The van der Waals surface area contributed by atoms with Crippen molar-refractivity contribution in [3.8, 4) is 0 Å². The van der Waals surface area contributed by atoms with Crippen LogP contribution in [-0.2, 0) is 9.63 Å². The van der Waals surface area contributed by atoms with Crippen LogP contribution in [0.15, 0.2) is 0 Å². The molecule has 2 N–H and O–H groups in total. The van der Waals surface area contributed by atoms with Crippen LogP contribution in [-0.4, -0.2) is 23.7 Å². The van der Waals surface area contributed by atoms with Crippen LogP contribution in [0.4, 0.5) is 0 Å². The molecule has 0 aromatic rings. The Morgan fingerprint density at radius 3 is 2.54 bits per heavy atom. The summed E-state index contributed by atoms with van der Waals surface area (Å²) in [5.41, 5.74) is 5.26. The van der Waals surface area contributed by atoms with Gasteiger partial charge in [-0.15, -0.1) is 5.06 Å². The Labute approximate surface area is 79.0 Å². The minimum Gasteiger partial charge on any atom is -0.366 e. The topological polar surface area (TPSA) is 55.6 Å². The lowest BCUT2D eigenvalue weighted by Crippen LogP contribution is -2.40. The summed E-state index contributed by atoms with van der Waals surface area (Å²) >= 11 is 0. The van der Waals surface area contributed by atoms with Gasteiger partial charge in [0.25, 0.3) is 0 Å². The Morgan fingerprint density at radius 2 is 2.15 bits per heavy atom. The molecule has 4 heteroatoms. The molecule has 0 aromatic heterocycles. The molecule has 0 amide bonds. The SMILES string of the molecule is CC(C)(C)C(=O)ON1CCCC1N. The molecule has 13 heavy (non-hydrogen) atoms. The molecule has 1 fully saturated rings. The lowest BCUT2D eigenvalue weighted by Gasteiger charge is -2.24. The Balaban J connectivity index is 2.45. The van der Waals surface area contributed by atoms with Gasteiger partial charge in [0.05, 0.1) is 11.6 Å². The zero-order valence-corrected chi connectivity index (χ0v) is 8.54. The Bertz CT molecular complexity index is 198. The molecule has 1 atom stereocenters. The lowest BCUT2D eigenvalue weighted by molar-refractivity contribution is -0.203. The quantitative estimate of drug-likeness (QED) is 0.660. The van der Waals surface area contributed by atoms with E-state index in [1.807, 2.05) is 20.8 Å². The highest BCUT2D eigenvalue weighted by Gasteiger charge is 2.30. The van der Waals surface area contributed by atoms with Gasteiger partial charge in [0.15, 0.2) is 0 Å². The van der Waals surface area contributed by atoms with E-state index in [1.165, 1.54) is 0 Å². The fourth-order valence-corrected chi connectivity index (χ4v) is 1.12. The predicted molar refractivity (Wildman–Crippen MR) is 49.5 cm³/mol. The summed E-state index contributed by atoms with van der Waals surface area (Å²) in [6.07, 6.45) is 1.78. The standard InChI is InChI=1S/C9H18N2O2/c1-9(2,3)8(12)13-11-6-4-5-7(11)10/h7H,4-6,10H2,1-3H3. The van der Waals surface area contributed by atoms with Crippen molar-refractivity contribution in [2.24, 2.45) is 11.1 Å². The second-order valence-corrected chi connectivity index (χ2v) is 4.48. The molecule has 0 aliphatic carbocycles. The van der Waals surface area contributed by atoms with Gasteiger partial charge in [-0.05, 0) is 33.6 Å². The molecule has 1 aliphatic heterocycles. The number of hydrogen-bond donors (Lipinski definition) is 1. The summed E-state index contributed by atoms with van der Waals surface area (Å²) < 4.78 is 0. The molecule has 1 saturated heterocycles. The van der Waals surface area contributed by atoms with Gasteiger partial charge in [-0.3, -0.25) is 0 Å². The maximum atomic E-state index is 11.4. The smallest absolute Gasteiger partial charge is 0.330 e. The van der Waals surface area contributed by atoms with Gasteiger partial charge >= 0.3 is 5.97 Å². The van der Waals surface area contributed by atoms with Crippen LogP contribution < -0.4 is 5.73 Å². The van der Waals surface area contributed by atoms with Crippen LogP contribution in [0.5, 0.6) is 0 Å². The summed E-state index contributed by atoms with van der Waals surface area (Å²) in [6.45, 7) is 6.24. The lowest BCUT2D eigenvalue weighted by atomic mass is 9.98. The molecule has 1 heterocycles. The van der Waals surface area contributed by atoms with Gasteiger partial charge in [-0.2, -0.15) is 0 Å². The van der Waals surface area contributed by atoms with E-state index < -0.39 is 5.41 Å². The van der Waals surface area contributed by atoms with Gasteiger partial charge in [0.1, 0.15) is 0 Å². The Kier molecular flexibility index (Phi) is 2.93. The van der Waals surface area contributed by atoms with E-state index in [0.717, 1.165) is 19.4 Å². The fourth-order valence-electron chi connectivity index (χ4n) is 1.12. The van der Waals surface area contributed by atoms with Gasteiger partial charge in [0, 0.05) is 6.54 Å². The zero-order valence-electron chi connectivity index (χ0n) is 8.54. The van der Waals surface area contributed by atoms with E-state index in [4.69, 9.17) is 10.6 Å². The van der Waals surface area contributed by atoms with Crippen molar-refractivity contribution in [1.29, 1.82) is 0 Å². The van der Waals surface area contributed by atoms with Crippen molar-refractivity contribution in [3.05, 3.63) is 0 Å². The van der Waals surface area contributed by atoms with E-state index in [-0.39, 0.29) is 12.1 Å². The van der Waals surface area contributed by atoms with Gasteiger partial charge < -0.3 is 10.6 Å². The molecule has 4 nitrogen and oxygen atoms in total. The normalized spacial score (nSPS) is 24.8. The second kappa shape index (κ2) is 3.64. The highest BCUT2D eigenvalue weighted by molar-refractivity contribution is 5.75. The van der Waals surface area contributed by atoms with Crippen molar-refractivity contribution in [3.63, 3.8) is 0 Å². The van der Waals surface area contributed by atoms with E-state index in [1.54, 1.807) is 5.06 Å². The van der Waals surface area contributed by atoms with Crippen LogP contribution in [0, 0.1) is 5.41 Å². The third kappa shape index (κ3) is 2.67. The van der Waals surface area contributed by atoms with E-state index in [9.17, 15) is 4.79 Å². The molecule has 0 saturated carbocycles. The molecular weight excluding hydrogens is 168 g/mol. The molecule has 1 aliphatic rings. The van der Waals surface area contributed by atoms with Crippen LogP contribution in [0.25, 0.3) is 0 Å². The molecule has 76 valence electrons. The maximum Gasteiger partial charge on any atom is 0.330 e. The number of hydroxylamine groups is 2. The first-order valence-electron chi connectivity index (χ1n) is 4.66. The first-order chi connectivity index (χ1) is 5.91. The van der Waals surface area contributed by atoms with Crippen molar-refractivity contribution in [1.82, 2.24) is 5.06 Å². The van der Waals surface area contributed by atoms with Crippen molar-refractivity contribution >= 4 is 5.97 Å². The van der Waals surface area contributed by atoms with Crippen molar-refractivity contribution in [2.45, 2.75) is 39.8 Å². The van der Waals surface area contributed by atoms with Gasteiger partial charge in [-0.25, -0.2) is 4.79 Å². The first-order valence-corrected chi connectivity index (χ1v) is 4.66. The Hall–Kier alpha value is -0.610. The minimum atomic E-state index is -0.456. The molecule has 0 bridgehead atoms. The summed E-state index contributed by atoms with van der Waals surface area (Å²) in [7, 11) is 0. The largest absolute Gasteiger partial charge is 0.366 e. The monoisotopic (exact) mass is 186 g/mol. The van der Waals surface area contributed by atoms with Gasteiger partial charge in [-0.1, -0.05) is 0 Å². The molecule has 1 rings (SSSR count). The number of carbonyl (C=O) groups excluding carboxylic acids is 1. The van der Waals surface area contributed by atoms with E-state index in [2.05, 4.69) is 0 Å². The zero-order chi connectivity index (χ0) is 10.1. The predicted octanol–water partition coefficient (Wildman–Crippen LogP) is 0.871. The number of nitrogens with two attached hydrogens (primary N) is 1. The van der Waals surface area contributed by atoms with Crippen LogP contribution in [0.2, 0.25) is 0 Å². The Morgan fingerprint density at radius 1 is 1.54 bits per heavy atom. The average Bonchev–Trinajstić information content (AvgIpc) is 2.34. The second-order valence-electron chi connectivity index (χ2n) is 4.48. The number of carbonyl (C=O) groups is 1. The summed E-state index contributed by atoms with van der Waals surface area (Å²) in [6, 6.07) is 0. The van der Waals surface area contributed by atoms with E-state index >= 15 is 0 Å². The van der Waals surface area contributed by atoms with Gasteiger partial charge in [0.2, 0.25) is 0 Å². The molecular formula is C9H18N2O2. The minimum absolute atomic E-state index is 0.119. The average molecular weight is 186 g/mol. The van der Waals surface area contributed by atoms with Crippen LogP contribution in [0.1, 0.15) is 33.6 Å². The highest BCUT2D eigenvalue weighted by atomic mass is 16.7. The molecule has 0 spiro atoms. The third-order valence-corrected chi connectivity index (χ3v) is 2.06. The highest BCUT2D eigenvalue weighted by Crippen LogP contribution is 2.19. The van der Waals surface area contributed by atoms with Crippen molar-refractivity contribution in [2.75, 3.05) is 6.54 Å². The molecule has 0 aromatic carbocycles. The van der Waals surface area contributed by atoms with Crippen LogP contribution >= 0.6 is 0 Å². The van der Waals surface area contributed by atoms with Crippen LogP contribution in [0.3, 0.4) is 0 Å².